The average Bonchev–Trinajstić information content (AvgIpc) is 3.19. The summed E-state index contributed by atoms with van der Waals surface area (Å²) in [5, 5.41) is 10.9. The Morgan fingerprint density at radius 2 is 0.780 bits per heavy atom. The van der Waals surface area contributed by atoms with Gasteiger partial charge in [0.2, 0.25) is 5.75 Å². The van der Waals surface area contributed by atoms with Gasteiger partial charge in [-0.25, -0.2) is 27.4 Å². The minimum atomic E-state index is -5.14. The standard InChI is InChI=1S/C12H22N6OP.6FH2O3P/c1-16(2)20(17(3)4,18(5)6)19-11-9-7-8-10-12(11)14-15-13-10;6*1-5(2,3)4/h7-9H,1-6H3,(H,13,14,15);6*(H2,2,3,4)/q+1;;;;;;. The van der Waals surface area contributed by atoms with E-state index in [4.69, 9.17) is 90.6 Å². The second-order valence-corrected chi connectivity index (χ2v) is 17.2. The van der Waals surface area contributed by atoms with Crippen LogP contribution >= 0.6 is 55.4 Å². The lowest BCUT2D eigenvalue weighted by atomic mass is 10.3. The number of benzene rings is 1. The molecule has 1 aromatic carbocycles. The lowest BCUT2D eigenvalue weighted by molar-refractivity contribution is 0.320. The van der Waals surface area contributed by atoms with E-state index >= 15 is 0 Å². The molecule has 0 atom stereocenters. The highest BCUT2D eigenvalue weighted by atomic mass is 31.2. The smallest absolute Gasteiger partial charge is 0.299 e. The fourth-order valence-corrected chi connectivity index (χ4v) is 5.41. The summed E-state index contributed by atoms with van der Waals surface area (Å²) in [6.07, 6.45) is 0. The zero-order valence-electron chi connectivity index (χ0n) is 25.6. The number of hydrogen-bond acceptors (Lipinski definition) is 12. The molecule has 302 valence electrons. The Bertz CT molecular complexity index is 1300. The molecule has 13 N–H and O–H groups in total. The molecule has 0 amide bonds. The van der Waals surface area contributed by atoms with Gasteiger partial charge in [0.1, 0.15) is 5.52 Å². The molecular weight excluding hydrogens is 863 g/mol. The van der Waals surface area contributed by atoms with Crippen LogP contribution < -0.4 is 4.52 Å². The number of aromatic nitrogens is 3. The first-order valence-corrected chi connectivity index (χ1v) is 21.4. The van der Waals surface area contributed by atoms with Gasteiger partial charge in [0.15, 0.2) is 5.52 Å². The molecule has 0 fully saturated rings. The van der Waals surface area contributed by atoms with Crippen LogP contribution in [0.5, 0.6) is 5.75 Å². The molecule has 0 saturated heterocycles. The molecule has 0 bridgehead atoms. The summed E-state index contributed by atoms with van der Waals surface area (Å²) in [6, 6.07) is 5.76. The van der Waals surface area contributed by atoms with E-state index in [0.29, 0.717) is 0 Å². The Labute approximate surface area is 278 Å². The van der Waals surface area contributed by atoms with E-state index in [1.165, 1.54) is 0 Å². The van der Waals surface area contributed by atoms with Crippen molar-refractivity contribution in [2.24, 2.45) is 0 Å². The molecule has 25 nitrogen and oxygen atoms in total. The number of nitrogens with zero attached hydrogens (tertiary/aromatic N) is 5. The molecule has 0 aliphatic carbocycles. The summed E-state index contributed by atoms with van der Waals surface area (Å²) in [7, 11) is -20.8. The molecule has 0 saturated carbocycles. The van der Waals surface area contributed by atoms with Gasteiger partial charge in [0.05, 0.1) is 0 Å². The number of nitrogens with one attached hydrogen (secondary N) is 1. The zero-order chi connectivity index (χ0) is 41.9. The van der Waals surface area contributed by atoms with E-state index in [-0.39, 0.29) is 0 Å². The highest BCUT2D eigenvalue weighted by Gasteiger charge is 2.52. The number of fused-ring (bicyclic) bond motifs is 1. The largest absolute Gasteiger partial charge is 0.507 e. The van der Waals surface area contributed by atoms with Crippen LogP contribution in [0.3, 0.4) is 0 Å². The van der Waals surface area contributed by atoms with Crippen molar-refractivity contribution >= 4 is 66.4 Å². The van der Waals surface area contributed by atoms with Crippen LogP contribution in [-0.4, -0.2) is 130 Å². The number of rotatable bonds is 5. The minimum absolute atomic E-state index is 0.737. The maximum absolute atomic E-state index is 10.4. The van der Waals surface area contributed by atoms with Crippen LogP contribution in [0.25, 0.3) is 11.0 Å². The summed E-state index contributed by atoms with van der Waals surface area (Å²) in [5.74, 6) is 0.737. The lowest BCUT2D eigenvalue weighted by Crippen LogP contribution is -2.39. The highest BCUT2D eigenvalue weighted by Crippen LogP contribution is 2.64. The predicted octanol–water partition coefficient (Wildman–Crippen LogP) is 1.99. The van der Waals surface area contributed by atoms with Crippen LogP contribution in [-0.2, 0) is 27.4 Å². The summed E-state index contributed by atoms with van der Waals surface area (Å²) >= 11 is 0. The van der Waals surface area contributed by atoms with Gasteiger partial charge in [-0.3, -0.25) is 63.2 Å². The van der Waals surface area contributed by atoms with Gasteiger partial charge in [-0.2, -0.15) is 15.4 Å². The van der Waals surface area contributed by atoms with E-state index < -0.39 is 55.4 Å². The molecule has 0 aliphatic rings. The van der Waals surface area contributed by atoms with Gasteiger partial charge in [-0.15, -0.1) is 39.2 Å². The third-order valence-electron chi connectivity index (χ3n) is 3.09. The molecule has 1 heterocycles. The van der Waals surface area contributed by atoms with Crippen molar-refractivity contribution in [1.82, 2.24) is 29.4 Å². The van der Waals surface area contributed by atoms with E-state index in [1.54, 1.807) is 0 Å². The van der Waals surface area contributed by atoms with Crippen molar-refractivity contribution in [3.05, 3.63) is 18.2 Å². The normalized spacial score (nSPS) is 12.2. The topological polar surface area (TPSA) is 406 Å². The van der Waals surface area contributed by atoms with Gasteiger partial charge >= 0.3 is 55.4 Å². The van der Waals surface area contributed by atoms with Crippen molar-refractivity contribution in [1.29, 1.82) is 0 Å². The molecule has 0 spiro atoms. The molecule has 0 radical (unpaired) electrons. The Balaban J connectivity index is -0.000000185. The quantitative estimate of drug-likeness (QED) is 0.151. The minimum Gasteiger partial charge on any atom is -0.299 e. The average molecular weight is 897 g/mol. The van der Waals surface area contributed by atoms with E-state index in [0.717, 1.165) is 16.8 Å². The molecule has 2 aromatic rings. The molecule has 0 unspecified atom stereocenters. The summed E-state index contributed by atoms with van der Waals surface area (Å²) in [4.78, 5) is 83.6. The first kappa shape index (κ1) is 58.5. The van der Waals surface area contributed by atoms with Crippen molar-refractivity contribution < 1.29 is 116 Å². The molecule has 1 aromatic heterocycles. The molecule has 50 heavy (non-hydrogen) atoms. The Morgan fingerprint density at radius 1 is 0.540 bits per heavy atom. The second kappa shape index (κ2) is 24.5. The molecular formula is C12H34F6N6O19P7+. The van der Waals surface area contributed by atoms with Gasteiger partial charge in [0, 0.05) is 42.3 Å². The van der Waals surface area contributed by atoms with Gasteiger partial charge in [0.25, 0.3) is 0 Å². The third kappa shape index (κ3) is 56.6. The maximum Gasteiger partial charge on any atom is 0.507 e. The first-order chi connectivity index (χ1) is 21.4. The fraction of sp³-hybridized carbons (Fsp3) is 0.500. The number of hydrogen-bond donors (Lipinski definition) is 13. The summed E-state index contributed by atoms with van der Waals surface area (Å²) in [5.41, 5.74) is 1.55. The lowest BCUT2D eigenvalue weighted by Gasteiger charge is -2.36. The molecule has 0 aliphatic heterocycles. The van der Waals surface area contributed by atoms with E-state index in [9.17, 15) is 25.2 Å². The first-order valence-electron chi connectivity index (χ1n) is 10.8. The monoisotopic (exact) mass is 897 g/mol. The Hall–Kier alpha value is -0.790. The molecule has 2 rings (SSSR count). The van der Waals surface area contributed by atoms with E-state index in [1.807, 2.05) is 60.5 Å². The molecule has 38 heteroatoms. The third-order valence-corrected chi connectivity index (χ3v) is 6.66. The Kier molecular flexibility index (Phi) is 28.7. The fourth-order valence-electron chi connectivity index (χ4n) is 2.37. The maximum atomic E-state index is 10.4. The SMILES string of the molecule is CN(C)[P+](Oc1cccc2n[nH]nc12)(N(C)C)N(C)C.O=P(O)(O)F.O=P(O)(O)F.O=P(O)(O)F.O=P(O)(O)F.O=P(O)(O)F.O=P(O)(O)F. The number of aromatic amines is 1. The summed E-state index contributed by atoms with van der Waals surface area (Å²) in [6.45, 7) is 0. The van der Waals surface area contributed by atoms with E-state index in [2.05, 4.69) is 29.4 Å². The zero-order valence-corrected chi connectivity index (χ0v) is 31.9. The predicted molar refractivity (Wildman–Crippen MR) is 161 cm³/mol. The number of halogens is 6. The van der Waals surface area contributed by atoms with Crippen LogP contribution in [0, 0.1) is 0 Å². The van der Waals surface area contributed by atoms with Crippen molar-refractivity contribution in [2.45, 2.75) is 0 Å². The Morgan fingerprint density at radius 3 is 1.00 bits per heavy atom. The van der Waals surface area contributed by atoms with Crippen LogP contribution in [0.4, 0.5) is 25.2 Å². The highest BCUT2D eigenvalue weighted by molar-refractivity contribution is 7.64. The van der Waals surface area contributed by atoms with Gasteiger partial charge in [-0.05, 0) is 12.1 Å². The van der Waals surface area contributed by atoms with Crippen LogP contribution in [0.15, 0.2) is 18.2 Å². The van der Waals surface area contributed by atoms with Crippen LogP contribution in [0.1, 0.15) is 0 Å². The van der Waals surface area contributed by atoms with Crippen molar-refractivity contribution in [3.63, 3.8) is 0 Å². The summed E-state index contributed by atoms with van der Waals surface area (Å²) < 4.78 is 127. The van der Waals surface area contributed by atoms with Gasteiger partial charge < -0.3 is 0 Å². The van der Waals surface area contributed by atoms with Crippen molar-refractivity contribution in [2.75, 3.05) is 42.3 Å². The van der Waals surface area contributed by atoms with Gasteiger partial charge in [-0.1, -0.05) is 6.07 Å². The van der Waals surface area contributed by atoms with Crippen molar-refractivity contribution in [3.8, 4) is 5.75 Å². The number of H-pyrrole nitrogens is 1. The second-order valence-electron chi connectivity index (χ2n) is 7.93. The number of para-hydroxylation sites is 1. The van der Waals surface area contributed by atoms with Crippen LogP contribution in [0.2, 0.25) is 0 Å².